The van der Waals surface area contributed by atoms with Gasteiger partial charge in [0.25, 0.3) is 6.47 Å². The lowest BCUT2D eigenvalue weighted by Gasteiger charge is -2.01. The topological polar surface area (TPSA) is 52.3 Å². The van der Waals surface area contributed by atoms with Crippen LogP contribution in [0.25, 0.3) is 0 Å². The first-order valence-electron chi connectivity index (χ1n) is 2.17. The molecule has 3 nitrogen and oxygen atoms in total. The summed E-state index contributed by atoms with van der Waals surface area (Å²) in [5.41, 5.74) is 4.74. The average Bonchev–Trinajstić information content (AvgIpc) is 2.22. The van der Waals surface area contributed by atoms with Crippen LogP contribution in [0.4, 0.5) is 0 Å². The summed E-state index contributed by atoms with van der Waals surface area (Å²) < 4.78 is 4.44. The molecular weight excluding hydrogens is 130 g/mol. The van der Waals surface area contributed by atoms with Crippen molar-refractivity contribution in [1.29, 1.82) is 0 Å². The minimum Gasteiger partial charge on any atom is -0.446 e. The number of rotatable bonds is 2. The maximum atomic E-state index is 9.56. The number of halogens is 1. The summed E-state index contributed by atoms with van der Waals surface area (Å²) in [5, 5.41) is 0. The van der Waals surface area contributed by atoms with Gasteiger partial charge in [-0.05, 0) is 0 Å². The molecule has 1 saturated carbocycles. The minimum absolute atomic E-state index is 0. The van der Waals surface area contributed by atoms with Gasteiger partial charge in [-0.2, -0.15) is 0 Å². The number of carbonyl (C=O) groups excluding carboxylic acids is 1. The van der Waals surface area contributed by atoms with E-state index in [1.165, 1.54) is 0 Å². The molecule has 0 amide bonds. The summed E-state index contributed by atoms with van der Waals surface area (Å²) in [4.78, 5) is 9.56. The summed E-state index contributed by atoms with van der Waals surface area (Å²) in [6.45, 7) is 0.396. The van der Waals surface area contributed by atoms with Crippen LogP contribution in [-0.2, 0) is 9.53 Å². The van der Waals surface area contributed by atoms with Crippen molar-refractivity contribution in [2.24, 2.45) is 5.73 Å². The highest BCUT2D eigenvalue weighted by Crippen LogP contribution is 2.32. The van der Waals surface area contributed by atoms with Crippen LogP contribution in [0.1, 0.15) is 12.8 Å². The van der Waals surface area contributed by atoms with E-state index < -0.39 is 5.72 Å². The van der Waals surface area contributed by atoms with Gasteiger partial charge in [0.1, 0.15) is 0 Å². The predicted octanol–water partition coefficient (Wildman–Crippen LogP) is 0.0300. The second kappa shape index (κ2) is 2.33. The fraction of sp³-hybridized carbons (Fsp3) is 0.750. The fourth-order valence-electron chi connectivity index (χ4n) is 0.337. The Hall–Kier alpha value is -0.280. The van der Waals surface area contributed by atoms with Crippen molar-refractivity contribution >= 4 is 18.9 Å². The average molecular weight is 138 g/mol. The van der Waals surface area contributed by atoms with Gasteiger partial charge in [0.15, 0.2) is 5.72 Å². The van der Waals surface area contributed by atoms with Gasteiger partial charge in [-0.3, -0.25) is 10.5 Å². The molecule has 0 heterocycles. The fourth-order valence-corrected chi connectivity index (χ4v) is 0.337. The maximum Gasteiger partial charge on any atom is 0.294 e. The SMILES string of the molecule is Cl.NC1(OC=O)CC1. The van der Waals surface area contributed by atoms with Crippen LogP contribution >= 0.6 is 12.4 Å². The second-order valence-corrected chi connectivity index (χ2v) is 1.78. The van der Waals surface area contributed by atoms with E-state index in [4.69, 9.17) is 5.73 Å². The highest BCUT2D eigenvalue weighted by molar-refractivity contribution is 5.85. The van der Waals surface area contributed by atoms with E-state index in [1.807, 2.05) is 0 Å². The molecule has 1 aliphatic rings. The summed E-state index contributed by atoms with van der Waals surface area (Å²) in [7, 11) is 0. The minimum atomic E-state index is -0.568. The van der Waals surface area contributed by atoms with E-state index >= 15 is 0 Å². The van der Waals surface area contributed by atoms with Crippen molar-refractivity contribution in [2.45, 2.75) is 18.6 Å². The number of ether oxygens (including phenoxy) is 1. The second-order valence-electron chi connectivity index (χ2n) is 1.78. The molecule has 0 atom stereocenters. The van der Waals surface area contributed by atoms with Gasteiger partial charge in [0.2, 0.25) is 0 Å². The first-order valence-corrected chi connectivity index (χ1v) is 2.17. The Bertz CT molecular complexity index is 92.0. The molecule has 0 aromatic heterocycles. The smallest absolute Gasteiger partial charge is 0.294 e. The third kappa shape index (κ3) is 1.68. The normalized spacial score (nSPS) is 20.6. The Morgan fingerprint density at radius 1 is 1.62 bits per heavy atom. The quantitative estimate of drug-likeness (QED) is 0.432. The zero-order valence-corrected chi connectivity index (χ0v) is 5.11. The van der Waals surface area contributed by atoms with Crippen LogP contribution in [0, 0.1) is 0 Å². The summed E-state index contributed by atoms with van der Waals surface area (Å²) in [5.74, 6) is 0. The molecule has 0 spiro atoms. The predicted molar refractivity (Wildman–Crippen MR) is 30.5 cm³/mol. The molecule has 0 aromatic carbocycles. The van der Waals surface area contributed by atoms with Crippen molar-refractivity contribution < 1.29 is 9.53 Å². The molecule has 1 rings (SSSR count). The highest BCUT2D eigenvalue weighted by Gasteiger charge is 2.40. The van der Waals surface area contributed by atoms with Gasteiger partial charge in [-0.25, -0.2) is 0 Å². The lowest BCUT2D eigenvalue weighted by atomic mass is 10.6. The Morgan fingerprint density at radius 2 is 2.12 bits per heavy atom. The van der Waals surface area contributed by atoms with Gasteiger partial charge in [0.05, 0.1) is 0 Å². The van der Waals surface area contributed by atoms with E-state index in [2.05, 4.69) is 4.74 Å². The van der Waals surface area contributed by atoms with E-state index in [1.54, 1.807) is 0 Å². The summed E-state index contributed by atoms with van der Waals surface area (Å²) in [6.07, 6.45) is 1.62. The molecule has 8 heavy (non-hydrogen) atoms. The number of carbonyl (C=O) groups is 1. The Morgan fingerprint density at radius 3 is 2.25 bits per heavy atom. The van der Waals surface area contributed by atoms with E-state index in [0.717, 1.165) is 12.8 Å². The standard InChI is InChI=1S/C4H7NO2.ClH/c5-4(1-2-4)7-3-6;/h3H,1-2,5H2;1H. The Kier molecular flexibility index (Phi) is 2.25. The van der Waals surface area contributed by atoms with Crippen molar-refractivity contribution in [1.82, 2.24) is 0 Å². The van der Waals surface area contributed by atoms with Crippen molar-refractivity contribution in [3.8, 4) is 0 Å². The largest absolute Gasteiger partial charge is 0.446 e. The van der Waals surface area contributed by atoms with Gasteiger partial charge < -0.3 is 4.74 Å². The van der Waals surface area contributed by atoms with Gasteiger partial charge in [0, 0.05) is 12.8 Å². The van der Waals surface area contributed by atoms with Crippen LogP contribution < -0.4 is 5.73 Å². The maximum absolute atomic E-state index is 9.56. The molecule has 2 N–H and O–H groups in total. The Balaban J connectivity index is 0.000000490. The number of hydrogen-bond donors (Lipinski definition) is 1. The van der Waals surface area contributed by atoms with Crippen LogP contribution in [0.15, 0.2) is 0 Å². The molecule has 0 aliphatic heterocycles. The van der Waals surface area contributed by atoms with Crippen LogP contribution in [0.3, 0.4) is 0 Å². The highest BCUT2D eigenvalue weighted by atomic mass is 35.5. The molecule has 1 aliphatic carbocycles. The molecule has 0 radical (unpaired) electrons. The van der Waals surface area contributed by atoms with Crippen LogP contribution in [0.5, 0.6) is 0 Å². The molecule has 1 fully saturated rings. The molecule has 0 aromatic rings. The molecule has 4 heteroatoms. The number of nitrogens with two attached hydrogens (primary N) is 1. The van der Waals surface area contributed by atoms with Crippen molar-refractivity contribution in [2.75, 3.05) is 0 Å². The van der Waals surface area contributed by atoms with Crippen molar-refractivity contribution in [3.63, 3.8) is 0 Å². The number of hydrogen-bond acceptors (Lipinski definition) is 3. The first kappa shape index (κ1) is 7.72. The first-order chi connectivity index (χ1) is 3.27. The molecule has 48 valence electrons. The third-order valence-corrected chi connectivity index (χ3v) is 1.03. The monoisotopic (exact) mass is 137 g/mol. The van der Waals surface area contributed by atoms with Gasteiger partial charge in [-0.1, -0.05) is 0 Å². The third-order valence-electron chi connectivity index (χ3n) is 1.03. The summed E-state index contributed by atoms with van der Waals surface area (Å²) in [6, 6.07) is 0. The molecular formula is C4H8ClNO2. The van der Waals surface area contributed by atoms with E-state index in [-0.39, 0.29) is 12.4 Å². The molecule has 0 saturated heterocycles. The van der Waals surface area contributed by atoms with Gasteiger partial charge in [-0.15, -0.1) is 12.4 Å². The lowest BCUT2D eigenvalue weighted by molar-refractivity contribution is -0.135. The molecule has 0 unspecified atom stereocenters. The lowest BCUT2D eigenvalue weighted by Crippen LogP contribution is -2.24. The zero-order chi connectivity index (χ0) is 5.33. The van der Waals surface area contributed by atoms with Gasteiger partial charge >= 0.3 is 0 Å². The molecule has 0 bridgehead atoms. The zero-order valence-electron chi connectivity index (χ0n) is 4.29. The Labute approximate surface area is 53.6 Å². The summed E-state index contributed by atoms with van der Waals surface area (Å²) >= 11 is 0. The van der Waals surface area contributed by atoms with Crippen LogP contribution in [-0.4, -0.2) is 12.2 Å². The van der Waals surface area contributed by atoms with Crippen molar-refractivity contribution in [3.05, 3.63) is 0 Å². The van der Waals surface area contributed by atoms with Crippen LogP contribution in [0.2, 0.25) is 0 Å². The van der Waals surface area contributed by atoms with E-state index in [9.17, 15) is 4.79 Å². The van der Waals surface area contributed by atoms with E-state index in [0.29, 0.717) is 6.47 Å².